The molecule has 0 aliphatic carbocycles. The summed E-state index contributed by atoms with van der Waals surface area (Å²) in [5.41, 5.74) is 0.963. The van der Waals surface area contributed by atoms with Crippen molar-refractivity contribution in [3.05, 3.63) is 53.4 Å². The number of pyridine rings is 2. The molecule has 0 N–H and O–H groups in total. The van der Waals surface area contributed by atoms with Gasteiger partial charge in [-0.2, -0.15) is 0 Å². The average molecular weight is 221 g/mol. The van der Waals surface area contributed by atoms with E-state index in [1.807, 2.05) is 24.3 Å². The third kappa shape index (κ3) is 2.92. The molecule has 0 radical (unpaired) electrons. The summed E-state index contributed by atoms with van der Waals surface area (Å²) in [6, 6.07) is 9.14. The first kappa shape index (κ1) is 9.93. The van der Waals surface area contributed by atoms with E-state index in [1.54, 1.807) is 18.5 Å². The lowest BCUT2D eigenvalue weighted by Crippen LogP contribution is -1.97. The van der Waals surface area contributed by atoms with Crippen LogP contribution in [0.25, 0.3) is 0 Å². The molecule has 3 nitrogen and oxygen atoms in total. The molecular formula is C11H9ClN2O. The van der Waals surface area contributed by atoms with E-state index in [0.717, 1.165) is 5.56 Å². The van der Waals surface area contributed by atoms with E-state index in [4.69, 9.17) is 16.3 Å². The van der Waals surface area contributed by atoms with Gasteiger partial charge in [0.25, 0.3) is 0 Å². The van der Waals surface area contributed by atoms with Crippen LogP contribution in [0.1, 0.15) is 5.56 Å². The highest BCUT2D eigenvalue weighted by Gasteiger charge is 1.96. The van der Waals surface area contributed by atoms with E-state index in [9.17, 15) is 0 Å². The summed E-state index contributed by atoms with van der Waals surface area (Å²) in [6.07, 6.45) is 3.38. The Kier molecular flexibility index (Phi) is 3.15. The molecule has 0 aliphatic heterocycles. The molecule has 0 unspecified atom stereocenters. The first-order valence-electron chi connectivity index (χ1n) is 4.49. The van der Waals surface area contributed by atoms with Gasteiger partial charge in [-0.3, -0.25) is 0 Å². The minimum absolute atomic E-state index is 0.446. The molecule has 0 fully saturated rings. The normalized spacial score (nSPS) is 9.93. The highest BCUT2D eigenvalue weighted by atomic mass is 35.5. The number of hydrogen-bond acceptors (Lipinski definition) is 3. The molecule has 0 amide bonds. The van der Waals surface area contributed by atoms with Crippen LogP contribution >= 0.6 is 11.6 Å². The van der Waals surface area contributed by atoms with Crippen molar-refractivity contribution in [1.82, 2.24) is 9.97 Å². The van der Waals surface area contributed by atoms with Crippen LogP contribution in [0.2, 0.25) is 5.15 Å². The maximum absolute atomic E-state index is 5.66. The highest BCUT2D eigenvalue weighted by Crippen LogP contribution is 2.09. The SMILES string of the molecule is Clc1ccc(COc2ccccn2)cn1. The fraction of sp³-hybridized carbons (Fsp3) is 0.0909. The Morgan fingerprint density at radius 2 is 2.07 bits per heavy atom. The standard InChI is InChI=1S/C11H9ClN2O/c12-10-5-4-9(7-14-10)8-15-11-3-1-2-6-13-11/h1-7H,8H2. The van der Waals surface area contributed by atoms with Gasteiger partial charge in [0.2, 0.25) is 5.88 Å². The van der Waals surface area contributed by atoms with Gasteiger partial charge in [-0.1, -0.05) is 23.7 Å². The van der Waals surface area contributed by atoms with E-state index in [-0.39, 0.29) is 0 Å². The van der Waals surface area contributed by atoms with Crippen molar-refractivity contribution in [2.24, 2.45) is 0 Å². The number of rotatable bonds is 3. The number of nitrogens with zero attached hydrogens (tertiary/aromatic N) is 2. The van der Waals surface area contributed by atoms with E-state index in [0.29, 0.717) is 17.6 Å². The van der Waals surface area contributed by atoms with Crippen LogP contribution < -0.4 is 4.74 Å². The van der Waals surface area contributed by atoms with Gasteiger partial charge >= 0.3 is 0 Å². The Morgan fingerprint density at radius 3 is 2.73 bits per heavy atom. The maximum atomic E-state index is 5.66. The molecule has 2 rings (SSSR count). The van der Waals surface area contributed by atoms with Crippen LogP contribution in [0.5, 0.6) is 5.88 Å². The van der Waals surface area contributed by atoms with Crippen molar-refractivity contribution in [3.8, 4) is 5.88 Å². The number of ether oxygens (including phenoxy) is 1. The minimum atomic E-state index is 0.446. The first-order chi connectivity index (χ1) is 7.34. The topological polar surface area (TPSA) is 35.0 Å². The van der Waals surface area contributed by atoms with Crippen LogP contribution in [0, 0.1) is 0 Å². The summed E-state index contributed by atoms with van der Waals surface area (Å²) in [5, 5.41) is 0.483. The third-order valence-electron chi connectivity index (χ3n) is 1.81. The summed E-state index contributed by atoms with van der Waals surface area (Å²) in [6.45, 7) is 0.446. The molecule has 0 saturated carbocycles. The smallest absolute Gasteiger partial charge is 0.213 e. The van der Waals surface area contributed by atoms with Crippen molar-refractivity contribution >= 4 is 11.6 Å². The zero-order valence-corrected chi connectivity index (χ0v) is 8.69. The molecule has 0 bridgehead atoms. The second kappa shape index (κ2) is 4.75. The van der Waals surface area contributed by atoms with Gasteiger partial charge in [-0.05, 0) is 12.1 Å². The number of halogens is 1. The van der Waals surface area contributed by atoms with Crippen LogP contribution in [0.4, 0.5) is 0 Å². The van der Waals surface area contributed by atoms with Gasteiger partial charge in [0.15, 0.2) is 0 Å². The first-order valence-corrected chi connectivity index (χ1v) is 4.86. The molecule has 15 heavy (non-hydrogen) atoms. The second-order valence-corrected chi connectivity index (χ2v) is 3.33. The summed E-state index contributed by atoms with van der Waals surface area (Å²) < 4.78 is 5.44. The average Bonchev–Trinajstić information content (AvgIpc) is 2.30. The summed E-state index contributed by atoms with van der Waals surface area (Å²) in [5.74, 6) is 0.604. The Labute approximate surface area is 92.7 Å². The molecule has 0 saturated heterocycles. The van der Waals surface area contributed by atoms with Gasteiger partial charge in [-0.25, -0.2) is 9.97 Å². The fourth-order valence-electron chi connectivity index (χ4n) is 1.08. The molecule has 0 spiro atoms. The minimum Gasteiger partial charge on any atom is -0.473 e. The number of hydrogen-bond donors (Lipinski definition) is 0. The van der Waals surface area contributed by atoms with E-state index in [1.165, 1.54) is 0 Å². The van der Waals surface area contributed by atoms with E-state index >= 15 is 0 Å². The molecule has 2 heterocycles. The quantitative estimate of drug-likeness (QED) is 0.746. The van der Waals surface area contributed by atoms with Crippen LogP contribution in [0.3, 0.4) is 0 Å². The van der Waals surface area contributed by atoms with Crippen molar-refractivity contribution in [2.45, 2.75) is 6.61 Å². The Balaban J connectivity index is 1.96. The van der Waals surface area contributed by atoms with Gasteiger partial charge in [0.05, 0.1) is 0 Å². The van der Waals surface area contributed by atoms with Gasteiger partial charge in [0.1, 0.15) is 11.8 Å². The van der Waals surface area contributed by atoms with E-state index < -0.39 is 0 Å². The number of aromatic nitrogens is 2. The predicted octanol–water partition coefficient (Wildman–Crippen LogP) is 2.71. The molecule has 0 atom stereocenters. The zero-order valence-electron chi connectivity index (χ0n) is 7.93. The van der Waals surface area contributed by atoms with Crippen molar-refractivity contribution < 1.29 is 4.74 Å². The summed E-state index contributed by atoms with van der Waals surface area (Å²) >= 11 is 5.66. The van der Waals surface area contributed by atoms with Crippen LogP contribution in [0.15, 0.2) is 42.7 Å². The van der Waals surface area contributed by atoms with E-state index in [2.05, 4.69) is 9.97 Å². The Morgan fingerprint density at radius 1 is 1.13 bits per heavy atom. The van der Waals surface area contributed by atoms with Gasteiger partial charge in [0, 0.05) is 24.0 Å². The fourth-order valence-corrected chi connectivity index (χ4v) is 1.19. The molecule has 2 aromatic heterocycles. The lowest BCUT2D eigenvalue weighted by atomic mass is 10.3. The van der Waals surface area contributed by atoms with Gasteiger partial charge < -0.3 is 4.74 Å². The Hall–Kier alpha value is -1.61. The molecular weight excluding hydrogens is 212 g/mol. The molecule has 4 heteroatoms. The van der Waals surface area contributed by atoms with Crippen LogP contribution in [-0.4, -0.2) is 9.97 Å². The Bertz CT molecular complexity index is 416. The van der Waals surface area contributed by atoms with Gasteiger partial charge in [-0.15, -0.1) is 0 Å². The summed E-state index contributed by atoms with van der Waals surface area (Å²) in [7, 11) is 0. The third-order valence-corrected chi connectivity index (χ3v) is 2.04. The zero-order chi connectivity index (χ0) is 10.5. The highest BCUT2D eigenvalue weighted by molar-refractivity contribution is 6.29. The van der Waals surface area contributed by atoms with Crippen LogP contribution in [-0.2, 0) is 6.61 Å². The second-order valence-electron chi connectivity index (χ2n) is 2.95. The summed E-state index contributed by atoms with van der Waals surface area (Å²) in [4.78, 5) is 8.00. The van der Waals surface area contributed by atoms with Crippen molar-refractivity contribution in [1.29, 1.82) is 0 Å². The van der Waals surface area contributed by atoms with Crippen molar-refractivity contribution in [3.63, 3.8) is 0 Å². The molecule has 0 aromatic carbocycles. The lowest BCUT2D eigenvalue weighted by molar-refractivity contribution is 0.293. The molecule has 0 aliphatic rings. The molecule has 2 aromatic rings. The predicted molar refractivity (Wildman–Crippen MR) is 57.8 cm³/mol. The molecule has 76 valence electrons. The monoisotopic (exact) mass is 220 g/mol. The maximum Gasteiger partial charge on any atom is 0.213 e. The largest absolute Gasteiger partial charge is 0.473 e. The lowest BCUT2D eigenvalue weighted by Gasteiger charge is -2.03. The van der Waals surface area contributed by atoms with Crippen molar-refractivity contribution in [2.75, 3.05) is 0 Å².